The number of furan rings is 1. The molecule has 0 fully saturated rings. The summed E-state index contributed by atoms with van der Waals surface area (Å²) in [5.41, 5.74) is 0. The SMILES string of the molecule is Brc1ccc(OCc2nnc3sc(/C=C\c4ccco4)nn23)cc1. The van der Waals surface area contributed by atoms with Gasteiger partial charge in [-0.1, -0.05) is 27.3 Å². The molecule has 0 atom stereocenters. The fourth-order valence-electron chi connectivity index (χ4n) is 2.05. The first-order valence-electron chi connectivity index (χ1n) is 7.09. The molecule has 6 nitrogen and oxygen atoms in total. The van der Waals surface area contributed by atoms with Crippen LogP contribution in [0.15, 0.2) is 51.6 Å². The Morgan fingerprint density at radius 2 is 2.04 bits per heavy atom. The maximum absolute atomic E-state index is 5.73. The molecule has 4 aromatic rings. The molecular formula is C16H11BrN4O2S. The second-order valence-corrected chi connectivity index (χ2v) is 6.75. The minimum atomic E-state index is 0.299. The van der Waals surface area contributed by atoms with E-state index in [-0.39, 0.29) is 0 Å². The number of ether oxygens (including phenoxy) is 1. The lowest BCUT2D eigenvalue weighted by molar-refractivity contribution is 0.292. The number of hydrogen-bond donors (Lipinski definition) is 0. The highest BCUT2D eigenvalue weighted by Crippen LogP contribution is 2.19. The van der Waals surface area contributed by atoms with E-state index in [9.17, 15) is 0 Å². The first-order chi connectivity index (χ1) is 11.8. The zero-order valence-electron chi connectivity index (χ0n) is 12.3. The molecule has 3 heterocycles. The molecular weight excluding hydrogens is 392 g/mol. The van der Waals surface area contributed by atoms with Gasteiger partial charge in [0.05, 0.1) is 6.26 Å². The van der Waals surface area contributed by atoms with Gasteiger partial charge < -0.3 is 9.15 Å². The molecule has 0 radical (unpaired) electrons. The van der Waals surface area contributed by atoms with Gasteiger partial charge in [-0.05, 0) is 48.6 Å². The van der Waals surface area contributed by atoms with Crippen molar-refractivity contribution in [3.63, 3.8) is 0 Å². The molecule has 0 aliphatic carbocycles. The standard InChI is InChI=1S/C16H11BrN4O2S/c17-11-3-5-13(6-4-11)23-10-14-18-19-16-21(14)20-15(24-16)8-7-12-2-1-9-22-12/h1-9H,10H2/b8-7-. The van der Waals surface area contributed by atoms with E-state index in [4.69, 9.17) is 9.15 Å². The lowest BCUT2D eigenvalue weighted by Crippen LogP contribution is -2.02. The van der Waals surface area contributed by atoms with E-state index in [0.717, 1.165) is 26.0 Å². The van der Waals surface area contributed by atoms with Crippen LogP contribution in [0.3, 0.4) is 0 Å². The van der Waals surface area contributed by atoms with Crippen LogP contribution in [-0.4, -0.2) is 19.8 Å². The van der Waals surface area contributed by atoms with Gasteiger partial charge in [-0.2, -0.15) is 9.61 Å². The molecule has 4 rings (SSSR count). The van der Waals surface area contributed by atoms with E-state index >= 15 is 0 Å². The van der Waals surface area contributed by atoms with Crippen LogP contribution in [0.1, 0.15) is 16.6 Å². The zero-order valence-corrected chi connectivity index (χ0v) is 14.7. The fourth-order valence-corrected chi connectivity index (χ4v) is 3.07. The van der Waals surface area contributed by atoms with Crippen molar-refractivity contribution < 1.29 is 9.15 Å². The minimum absolute atomic E-state index is 0.299. The molecule has 0 spiro atoms. The number of halogens is 1. The highest BCUT2D eigenvalue weighted by Gasteiger charge is 2.11. The molecule has 3 aromatic heterocycles. The molecule has 24 heavy (non-hydrogen) atoms. The van der Waals surface area contributed by atoms with Crippen LogP contribution in [0.25, 0.3) is 17.1 Å². The number of rotatable bonds is 5. The van der Waals surface area contributed by atoms with E-state index in [0.29, 0.717) is 12.4 Å². The Bertz CT molecular complexity index is 974. The maximum atomic E-state index is 5.73. The van der Waals surface area contributed by atoms with Crippen LogP contribution in [0.2, 0.25) is 0 Å². The smallest absolute Gasteiger partial charge is 0.235 e. The first-order valence-corrected chi connectivity index (χ1v) is 8.70. The fraction of sp³-hybridized carbons (Fsp3) is 0.0625. The molecule has 0 N–H and O–H groups in total. The summed E-state index contributed by atoms with van der Waals surface area (Å²) in [4.78, 5) is 0.725. The molecule has 0 bridgehead atoms. The third-order valence-electron chi connectivity index (χ3n) is 3.19. The van der Waals surface area contributed by atoms with Gasteiger partial charge in [0.2, 0.25) is 4.96 Å². The summed E-state index contributed by atoms with van der Waals surface area (Å²) < 4.78 is 13.7. The lowest BCUT2D eigenvalue weighted by atomic mass is 10.3. The van der Waals surface area contributed by atoms with Gasteiger partial charge in [0.25, 0.3) is 0 Å². The molecule has 0 amide bonds. The van der Waals surface area contributed by atoms with Gasteiger partial charge in [-0.15, -0.1) is 10.2 Å². The average Bonchev–Trinajstić information content (AvgIpc) is 3.30. The molecule has 0 saturated heterocycles. The Hall–Kier alpha value is -2.45. The third-order valence-corrected chi connectivity index (χ3v) is 4.58. The topological polar surface area (TPSA) is 65.5 Å². The minimum Gasteiger partial charge on any atom is -0.486 e. The third kappa shape index (κ3) is 3.24. The van der Waals surface area contributed by atoms with Gasteiger partial charge in [0.15, 0.2) is 5.82 Å². The molecule has 120 valence electrons. The van der Waals surface area contributed by atoms with Crippen LogP contribution in [0.4, 0.5) is 0 Å². The van der Waals surface area contributed by atoms with Crippen molar-refractivity contribution in [3.05, 3.63) is 63.7 Å². The van der Waals surface area contributed by atoms with E-state index < -0.39 is 0 Å². The van der Waals surface area contributed by atoms with Crippen molar-refractivity contribution in [2.24, 2.45) is 0 Å². The molecule has 1 aromatic carbocycles. The first kappa shape index (κ1) is 15.1. The molecule has 0 saturated carbocycles. The second-order valence-electron chi connectivity index (χ2n) is 4.84. The summed E-state index contributed by atoms with van der Waals surface area (Å²) in [5.74, 6) is 2.20. The predicted octanol–water partition coefficient (Wildman–Crippen LogP) is 4.29. The largest absolute Gasteiger partial charge is 0.486 e. The number of benzene rings is 1. The van der Waals surface area contributed by atoms with Crippen molar-refractivity contribution in [1.82, 2.24) is 19.8 Å². The van der Waals surface area contributed by atoms with Crippen molar-refractivity contribution in [2.75, 3.05) is 0 Å². The Labute approximate surface area is 149 Å². The average molecular weight is 403 g/mol. The number of fused-ring (bicyclic) bond motifs is 1. The highest BCUT2D eigenvalue weighted by atomic mass is 79.9. The van der Waals surface area contributed by atoms with Crippen molar-refractivity contribution in [3.8, 4) is 5.75 Å². The quantitative estimate of drug-likeness (QED) is 0.498. The van der Waals surface area contributed by atoms with Gasteiger partial charge in [0.1, 0.15) is 23.1 Å². The predicted molar refractivity (Wildman–Crippen MR) is 94.8 cm³/mol. The zero-order chi connectivity index (χ0) is 16.4. The Kier molecular flexibility index (Phi) is 4.14. The van der Waals surface area contributed by atoms with Crippen LogP contribution >= 0.6 is 27.3 Å². The monoisotopic (exact) mass is 402 g/mol. The number of aromatic nitrogens is 4. The van der Waals surface area contributed by atoms with Crippen LogP contribution < -0.4 is 4.74 Å². The molecule has 0 aliphatic heterocycles. The van der Waals surface area contributed by atoms with Crippen molar-refractivity contribution >= 4 is 44.4 Å². The second kappa shape index (κ2) is 6.58. The summed E-state index contributed by atoms with van der Waals surface area (Å²) in [6, 6.07) is 11.4. The van der Waals surface area contributed by atoms with Crippen molar-refractivity contribution in [1.29, 1.82) is 0 Å². The van der Waals surface area contributed by atoms with Gasteiger partial charge in [0, 0.05) is 4.47 Å². The summed E-state index contributed by atoms with van der Waals surface area (Å²) >= 11 is 4.85. The lowest BCUT2D eigenvalue weighted by Gasteiger charge is -2.03. The molecule has 0 aliphatic rings. The van der Waals surface area contributed by atoms with Gasteiger partial charge in [-0.3, -0.25) is 0 Å². The Morgan fingerprint density at radius 1 is 1.17 bits per heavy atom. The van der Waals surface area contributed by atoms with E-state index in [1.165, 1.54) is 11.3 Å². The molecule has 0 unspecified atom stereocenters. The highest BCUT2D eigenvalue weighted by molar-refractivity contribution is 9.10. The van der Waals surface area contributed by atoms with Gasteiger partial charge in [-0.25, -0.2) is 0 Å². The van der Waals surface area contributed by atoms with Gasteiger partial charge >= 0.3 is 0 Å². The number of hydrogen-bond acceptors (Lipinski definition) is 6. The summed E-state index contributed by atoms with van der Waals surface area (Å²) in [5, 5.41) is 13.6. The van der Waals surface area contributed by atoms with Crippen molar-refractivity contribution in [2.45, 2.75) is 6.61 Å². The summed E-state index contributed by atoms with van der Waals surface area (Å²) in [6.07, 6.45) is 5.39. The van der Waals surface area contributed by atoms with E-state index in [2.05, 4.69) is 31.2 Å². The van der Waals surface area contributed by atoms with E-state index in [1.54, 1.807) is 10.8 Å². The summed E-state index contributed by atoms with van der Waals surface area (Å²) in [6.45, 7) is 0.299. The maximum Gasteiger partial charge on any atom is 0.235 e. The Balaban J connectivity index is 1.50. The van der Waals surface area contributed by atoms with E-state index in [1.807, 2.05) is 48.6 Å². The van der Waals surface area contributed by atoms with Crippen LogP contribution in [0, 0.1) is 0 Å². The summed E-state index contributed by atoms with van der Waals surface area (Å²) in [7, 11) is 0. The van der Waals surface area contributed by atoms with Crippen LogP contribution in [0.5, 0.6) is 5.75 Å². The normalized spacial score (nSPS) is 11.5. The molecule has 8 heteroatoms. The Morgan fingerprint density at radius 3 is 2.83 bits per heavy atom. The van der Waals surface area contributed by atoms with Crippen LogP contribution in [-0.2, 0) is 6.61 Å². The number of nitrogens with zero attached hydrogens (tertiary/aromatic N) is 4.